The summed E-state index contributed by atoms with van der Waals surface area (Å²) in [6.07, 6.45) is 3.52. The molecular formula is C12H17IN2O3. The van der Waals surface area contributed by atoms with Crippen molar-refractivity contribution in [2.45, 2.75) is 13.8 Å². The molecule has 1 N–H and O–H groups in total. The molecule has 100 valence electrons. The largest absolute Gasteiger partial charge is 1.00 e. The van der Waals surface area contributed by atoms with E-state index in [0.29, 0.717) is 5.56 Å². The summed E-state index contributed by atoms with van der Waals surface area (Å²) in [5, 5.41) is 2.52. The van der Waals surface area contributed by atoms with Crippen LogP contribution < -0.4 is 33.9 Å². The number of amides is 1. The van der Waals surface area contributed by atoms with Crippen molar-refractivity contribution in [1.82, 2.24) is 5.32 Å². The van der Waals surface area contributed by atoms with Crippen LogP contribution in [0, 0.1) is 5.92 Å². The van der Waals surface area contributed by atoms with Crippen molar-refractivity contribution in [3.63, 3.8) is 0 Å². The number of hydrogen-bond donors (Lipinski definition) is 1. The SMILES string of the molecule is CC(C)C(=O)OCNC(=O)c1ccc[n+](C)c1.[I-]. The molecule has 1 aromatic heterocycles. The van der Waals surface area contributed by atoms with Gasteiger partial charge in [-0.05, 0) is 6.07 Å². The Hall–Kier alpha value is -1.18. The first-order chi connectivity index (χ1) is 8.00. The van der Waals surface area contributed by atoms with Gasteiger partial charge in [0.15, 0.2) is 19.1 Å². The highest BCUT2D eigenvalue weighted by molar-refractivity contribution is 5.93. The quantitative estimate of drug-likeness (QED) is 0.276. The van der Waals surface area contributed by atoms with Crippen LogP contribution in [0.4, 0.5) is 0 Å². The summed E-state index contributed by atoms with van der Waals surface area (Å²) in [4.78, 5) is 22.8. The van der Waals surface area contributed by atoms with Crippen molar-refractivity contribution in [2.24, 2.45) is 13.0 Å². The van der Waals surface area contributed by atoms with Crippen molar-refractivity contribution in [1.29, 1.82) is 0 Å². The third-order valence-electron chi connectivity index (χ3n) is 2.12. The minimum absolute atomic E-state index is 0. The van der Waals surface area contributed by atoms with E-state index in [0.717, 1.165) is 0 Å². The maximum Gasteiger partial charge on any atom is 0.310 e. The van der Waals surface area contributed by atoms with Gasteiger partial charge in [-0.2, -0.15) is 0 Å². The number of hydrogen-bond acceptors (Lipinski definition) is 3. The molecule has 18 heavy (non-hydrogen) atoms. The number of pyridine rings is 1. The molecule has 0 aliphatic rings. The first kappa shape index (κ1) is 16.8. The van der Waals surface area contributed by atoms with Gasteiger partial charge in [-0.25, -0.2) is 4.57 Å². The molecule has 0 saturated carbocycles. The summed E-state index contributed by atoms with van der Waals surface area (Å²) >= 11 is 0. The fourth-order valence-electron chi connectivity index (χ4n) is 1.16. The lowest BCUT2D eigenvalue weighted by Gasteiger charge is -2.07. The summed E-state index contributed by atoms with van der Waals surface area (Å²) in [5.41, 5.74) is 0.524. The molecule has 1 rings (SSSR count). The second kappa shape index (κ2) is 8.02. The Bertz CT molecular complexity index is 422. The number of carbonyl (C=O) groups excluding carboxylic acids is 2. The molecule has 6 heteroatoms. The molecule has 0 spiro atoms. The van der Waals surface area contributed by atoms with Crippen molar-refractivity contribution in [3.8, 4) is 0 Å². The average Bonchev–Trinajstić information content (AvgIpc) is 2.28. The molecule has 1 heterocycles. The Balaban J connectivity index is 0.00000289. The number of carbonyl (C=O) groups is 2. The zero-order chi connectivity index (χ0) is 12.8. The normalized spacial score (nSPS) is 9.56. The Morgan fingerprint density at radius 2 is 2.11 bits per heavy atom. The monoisotopic (exact) mass is 364 g/mol. The lowest BCUT2D eigenvalue weighted by atomic mass is 10.2. The van der Waals surface area contributed by atoms with Gasteiger partial charge in [0.25, 0.3) is 5.91 Å². The zero-order valence-corrected chi connectivity index (χ0v) is 12.8. The Labute approximate surface area is 124 Å². The van der Waals surface area contributed by atoms with E-state index in [4.69, 9.17) is 4.74 Å². The Kier molecular flexibility index (Phi) is 7.49. The van der Waals surface area contributed by atoms with Crippen molar-refractivity contribution >= 4 is 11.9 Å². The fraction of sp³-hybridized carbons (Fsp3) is 0.417. The van der Waals surface area contributed by atoms with Gasteiger partial charge in [0, 0.05) is 6.07 Å². The van der Waals surface area contributed by atoms with Gasteiger partial charge in [-0.3, -0.25) is 9.59 Å². The number of ether oxygens (including phenoxy) is 1. The van der Waals surface area contributed by atoms with E-state index in [-0.39, 0.29) is 48.5 Å². The van der Waals surface area contributed by atoms with Crippen LogP contribution in [0.25, 0.3) is 0 Å². The number of rotatable bonds is 4. The highest BCUT2D eigenvalue weighted by Crippen LogP contribution is 1.96. The maximum atomic E-state index is 11.6. The number of nitrogens with one attached hydrogen (secondary N) is 1. The third-order valence-corrected chi connectivity index (χ3v) is 2.12. The van der Waals surface area contributed by atoms with Crippen LogP contribution in [0.1, 0.15) is 24.2 Å². The van der Waals surface area contributed by atoms with Gasteiger partial charge in [0.2, 0.25) is 0 Å². The molecule has 0 unspecified atom stereocenters. The highest BCUT2D eigenvalue weighted by Gasteiger charge is 2.11. The van der Waals surface area contributed by atoms with Crippen molar-refractivity contribution in [3.05, 3.63) is 30.1 Å². The van der Waals surface area contributed by atoms with Gasteiger partial charge in [-0.1, -0.05) is 13.8 Å². The van der Waals surface area contributed by atoms with Crippen LogP contribution in [0.3, 0.4) is 0 Å². The fourth-order valence-corrected chi connectivity index (χ4v) is 1.16. The van der Waals surface area contributed by atoms with Gasteiger partial charge in [-0.15, -0.1) is 0 Å². The molecule has 5 nitrogen and oxygen atoms in total. The van der Waals surface area contributed by atoms with E-state index in [1.54, 1.807) is 36.7 Å². The van der Waals surface area contributed by atoms with E-state index >= 15 is 0 Å². The number of halogens is 1. The summed E-state index contributed by atoms with van der Waals surface area (Å²) < 4.78 is 6.62. The number of nitrogens with zero attached hydrogens (tertiary/aromatic N) is 1. The number of aryl methyl sites for hydroxylation is 1. The second-order valence-electron chi connectivity index (χ2n) is 4.03. The molecule has 1 amide bonds. The predicted octanol–water partition coefficient (Wildman–Crippen LogP) is -2.60. The molecule has 1 aromatic rings. The molecule has 0 bridgehead atoms. The van der Waals surface area contributed by atoms with Gasteiger partial charge >= 0.3 is 5.97 Å². The third kappa shape index (κ3) is 5.44. The maximum absolute atomic E-state index is 11.6. The average molecular weight is 364 g/mol. The molecule has 0 radical (unpaired) electrons. The lowest BCUT2D eigenvalue weighted by molar-refractivity contribution is -0.671. The van der Waals surface area contributed by atoms with Crippen LogP contribution in [-0.4, -0.2) is 18.6 Å². The molecule has 0 saturated heterocycles. The molecule has 0 atom stereocenters. The molecular weight excluding hydrogens is 347 g/mol. The highest BCUT2D eigenvalue weighted by atomic mass is 127. The number of esters is 1. The van der Waals surface area contributed by atoms with Crippen LogP contribution in [-0.2, 0) is 16.6 Å². The molecule has 0 fully saturated rings. The topological polar surface area (TPSA) is 59.3 Å². The van der Waals surface area contributed by atoms with Crippen LogP contribution in [0.2, 0.25) is 0 Å². The second-order valence-corrected chi connectivity index (χ2v) is 4.03. The summed E-state index contributed by atoms with van der Waals surface area (Å²) in [6, 6.07) is 3.47. The number of aromatic nitrogens is 1. The smallest absolute Gasteiger partial charge is 0.310 e. The van der Waals surface area contributed by atoms with Crippen molar-refractivity contribution < 1.29 is 42.9 Å². The zero-order valence-electron chi connectivity index (χ0n) is 10.6. The molecule has 0 aliphatic carbocycles. The van der Waals surface area contributed by atoms with E-state index < -0.39 is 0 Å². The Morgan fingerprint density at radius 3 is 2.67 bits per heavy atom. The van der Waals surface area contributed by atoms with Crippen LogP contribution in [0.5, 0.6) is 0 Å². The van der Waals surface area contributed by atoms with Crippen LogP contribution in [0.15, 0.2) is 24.5 Å². The Morgan fingerprint density at radius 1 is 1.44 bits per heavy atom. The lowest BCUT2D eigenvalue weighted by Crippen LogP contribution is -3.00. The van der Waals surface area contributed by atoms with Gasteiger partial charge < -0.3 is 34.0 Å². The van der Waals surface area contributed by atoms with E-state index in [9.17, 15) is 9.59 Å². The minimum Gasteiger partial charge on any atom is -1.00 e. The van der Waals surface area contributed by atoms with Gasteiger partial charge in [0.1, 0.15) is 12.6 Å². The summed E-state index contributed by atoms with van der Waals surface area (Å²) in [5.74, 6) is -0.789. The van der Waals surface area contributed by atoms with E-state index in [1.165, 1.54) is 0 Å². The van der Waals surface area contributed by atoms with E-state index in [1.807, 2.05) is 13.2 Å². The molecule has 0 aliphatic heterocycles. The first-order valence-corrected chi connectivity index (χ1v) is 5.41. The first-order valence-electron chi connectivity index (χ1n) is 5.41. The van der Waals surface area contributed by atoms with E-state index in [2.05, 4.69) is 5.32 Å². The summed E-state index contributed by atoms with van der Waals surface area (Å²) in [6.45, 7) is 3.37. The molecule has 0 aromatic carbocycles. The van der Waals surface area contributed by atoms with Gasteiger partial charge in [0.05, 0.1) is 5.92 Å². The minimum atomic E-state index is -0.330. The van der Waals surface area contributed by atoms with Crippen molar-refractivity contribution in [2.75, 3.05) is 6.73 Å². The predicted molar refractivity (Wildman–Crippen MR) is 60.9 cm³/mol. The summed E-state index contributed by atoms with van der Waals surface area (Å²) in [7, 11) is 1.83. The van der Waals surface area contributed by atoms with Crippen LogP contribution >= 0.6 is 0 Å². The standard InChI is InChI=1S/C12H16N2O3.HI/c1-9(2)12(16)17-8-13-11(15)10-5-4-6-14(3)7-10;/h4-7,9H,8H2,1-3H3;1H.